The maximum atomic E-state index is 2.73. The summed E-state index contributed by atoms with van der Waals surface area (Å²) in [5.41, 5.74) is 0. The van der Waals surface area contributed by atoms with Gasteiger partial charge in [0.2, 0.25) is 0 Å². The molecule has 0 saturated carbocycles. The van der Waals surface area contributed by atoms with Gasteiger partial charge in [-0.25, -0.2) is 0 Å². The minimum atomic E-state index is 0.731. The first kappa shape index (κ1) is 11.6. The van der Waals surface area contributed by atoms with Crippen molar-refractivity contribution in [3.8, 4) is 0 Å². The lowest BCUT2D eigenvalue weighted by molar-refractivity contribution is 0.0853. The van der Waals surface area contributed by atoms with Crippen molar-refractivity contribution in [2.75, 3.05) is 19.6 Å². The second-order valence-corrected chi connectivity index (χ2v) is 6.18. The Balaban J connectivity index is 1.79. The molecule has 0 aromatic heterocycles. The zero-order valence-corrected chi connectivity index (χ0v) is 11.1. The lowest BCUT2D eigenvalue weighted by Gasteiger charge is -2.45. The molecule has 0 aromatic rings. The highest BCUT2D eigenvalue weighted by Gasteiger charge is 2.31. The number of fused-ring (bicyclic) bond motifs is 2. The van der Waals surface area contributed by atoms with Gasteiger partial charge in [-0.2, -0.15) is 0 Å². The molecule has 3 heterocycles. The zero-order valence-electron chi connectivity index (χ0n) is 11.1. The van der Waals surface area contributed by atoms with Crippen LogP contribution in [0.15, 0.2) is 12.3 Å². The molecule has 2 fully saturated rings. The van der Waals surface area contributed by atoms with Gasteiger partial charge in [-0.15, -0.1) is 0 Å². The van der Waals surface area contributed by atoms with Crippen molar-refractivity contribution in [3.63, 3.8) is 0 Å². The summed E-state index contributed by atoms with van der Waals surface area (Å²) in [5, 5.41) is 0. The maximum absolute atomic E-state index is 2.73. The van der Waals surface area contributed by atoms with Gasteiger partial charge in [-0.3, -0.25) is 4.90 Å². The molecule has 3 atom stereocenters. The molecule has 3 unspecified atom stereocenters. The van der Waals surface area contributed by atoms with E-state index in [9.17, 15) is 0 Å². The third kappa shape index (κ3) is 2.37. The SMILES string of the molecule is CC1CN2CCCCC2/C=C\N2CCCCC12. The van der Waals surface area contributed by atoms with E-state index in [1.165, 1.54) is 58.2 Å². The summed E-state index contributed by atoms with van der Waals surface area (Å²) in [7, 11) is 0. The lowest BCUT2D eigenvalue weighted by Crippen LogP contribution is -2.49. The number of piperidine rings is 2. The van der Waals surface area contributed by atoms with E-state index < -0.39 is 0 Å². The van der Waals surface area contributed by atoms with E-state index in [0.29, 0.717) is 0 Å². The summed E-state index contributed by atoms with van der Waals surface area (Å²) in [6.45, 7) is 6.40. The van der Waals surface area contributed by atoms with Crippen molar-refractivity contribution in [2.24, 2.45) is 5.92 Å². The highest BCUT2D eigenvalue weighted by molar-refractivity contribution is 5.02. The standard InChI is InChI=1S/C15H26N2/c1-13-12-17-10-4-2-6-14(17)8-11-16-9-5-3-7-15(13)16/h8,11,13-15H,2-7,9-10,12H2,1H3/b11-8-. The average Bonchev–Trinajstić information content (AvgIpc) is 2.36. The molecule has 0 bridgehead atoms. The smallest absolute Gasteiger partial charge is 0.0322 e. The molecule has 3 rings (SSSR count). The molecule has 2 nitrogen and oxygen atoms in total. The Bertz CT molecular complexity index is 287. The van der Waals surface area contributed by atoms with E-state index in [4.69, 9.17) is 0 Å². The Hall–Kier alpha value is -0.500. The van der Waals surface area contributed by atoms with Gasteiger partial charge in [-0.05, 0) is 50.8 Å². The van der Waals surface area contributed by atoms with Crippen LogP contribution in [0.2, 0.25) is 0 Å². The van der Waals surface area contributed by atoms with Gasteiger partial charge in [-0.1, -0.05) is 19.4 Å². The summed E-state index contributed by atoms with van der Waals surface area (Å²) in [6.07, 6.45) is 13.4. The third-order valence-electron chi connectivity index (χ3n) is 4.94. The van der Waals surface area contributed by atoms with E-state index in [-0.39, 0.29) is 0 Å². The Labute approximate surface area is 106 Å². The van der Waals surface area contributed by atoms with E-state index in [0.717, 1.165) is 18.0 Å². The molecular formula is C15H26N2. The fourth-order valence-electron chi connectivity index (χ4n) is 3.94. The monoisotopic (exact) mass is 234 g/mol. The van der Waals surface area contributed by atoms with Crippen LogP contribution in [0.4, 0.5) is 0 Å². The highest BCUT2D eigenvalue weighted by atomic mass is 15.2. The van der Waals surface area contributed by atoms with Crippen LogP contribution in [0.1, 0.15) is 45.4 Å². The topological polar surface area (TPSA) is 6.48 Å². The second-order valence-electron chi connectivity index (χ2n) is 6.18. The van der Waals surface area contributed by atoms with Gasteiger partial charge in [0.25, 0.3) is 0 Å². The molecular weight excluding hydrogens is 208 g/mol. The van der Waals surface area contributed by atoms with Crippen LogP contribution >= 0.6 is 0 Å². The molecule has 3 aliphatic heterocycles. The molecule has 96 valence electrons. The van der Waals surface area contributed by atoms with Crippen LogP contribution in [0, 0.1) is 5.92 Å². The number of hydrogen-bond donors (Lipinski definition) is 0. The Morgan fingerprint density at radius 1 is 1.00 bits per heavy atom. The minimum absolute atomic E-state index is 0.731. The van der Waals surface area contributed by atoms with E-state index >= 15 is 0 Å². The molecule has 0 aromatic carbocycles. The van der Waals surface area contributed by atoms with Gasteiger partial charge < -0.3 is 4.90 Å². The Morgan fingerprint density at radius 3 is 2.76 bits per heavy atom. The van der Waals surface area contributed by atoms with Gasteiger partial charge in [0, 0.05) is 25.2 Å². The van der Waals surface area contributed by atoms with Crippen LogP contribution in [-0.2, 0) is 0 Å². The molecule has 0 amide bonds. The predicted molar refractivity (Wildman–Crippen MR) is 71.9 cm³/mol. The summed E-state index contributed by atoms with van der Waals surface area (Å²) < 4.78 is 0. The quantitative estimate of drug-likeness (QED) is 0.636. The van der Waals surface area contributed by atoms with Crippen molar-refractivity contribution < 1.29 is 0 Å². The fraction of sp³-hybridized carbons (Fsp3) is 0.867. The predicted octanol–water partition coefficient (Wildman–Crippen LogP) is 2.86. The van der Waals surface area contributed by atoms with Crippen molar-refractivity contribution in [2.45, 2.75) is 57.5 Å². The van der Waals surface area contributed by atoms with Gasteiger partial charge >= 0.3 is 0 Å². The largest absolute Gasteiger partial charge is 0.374 e. The molecule has 0 N–H and O–H groups in total. The number of rotatable bonds is 0. The van der Waals surface area contributed by atoms with Crippen LogP contribution in [-0.4, -0.2) is 41.5 Å². The molecule has 0 aliphatic carbocycles. The van der Waals surface area contributed by atoms with Crippen molar-refractivity contribution in [1.82, 2.24) is 9.80 Å². The molecule has 3 aliphatic rings. The van der Waals surface area contributed by atoms with Gasteiger partial charge in [0.15, 0.2) is 0 Å². The average molecular weight is 234 g/mol. The van der Waals surface area contributed by atoms with Gasteiger partial charge in [0.05, 0.1) is 0 Å². The molecule has 2 saturated heterocycles. The number of hydrogen-bond acceptors (Lipinski definition) is 2. The minimum Gasteiger partial charge on any atom is -0.374 e. The van der Waals surface area contributed by atoms with Crippen molar-refractivity contribution >= 4 is 0 Å². The Morgan fingerprint density at radius 2 is 1.82 bits per heavy atom. The first-order valence-electron chi connectivity index (χ1n) is 7.53. The summed E-state index contributed by atoms with van der Waals surface area (Å²) in [5.74, 6) is 0.834. The van der Waals surface area contributed by atoms with Crippen molar-refractivity contribution in [1.29, 1.82) is 0 Å². The third-order valence-corrected chi connectivity index (χ3v) is 4.94. The van der Waals surface area contributed by atoms with E-state index in [1.54, 1.807) is 0 Å². The molecule has 17 heavy (non-hydrogen) atoms. The second kappa shape index (κ2) is 5.01. The van der Waals surface area contributed by atoms with Crippen LogP contribution < -0.4 is 0 Å². The maximum Gasteiger partial charge on any atom is 0.0322 e. The lowest BCUT2D eigenvalue weighted by atomic mass is 9.88. The number of nitrogens with zero attached hydrogens (tertiary/aromatic N) is 2. The van der Waals surface area contributed by atoms with Crippen LogP contribution in [0.5, 0.6) is 0 Å². The summed E-state index contributed by atoms with van der Waals surface area (Å²) in [4.78, 5) is 5.37. The zero-order chi connectivity index (χ0) is 11.7. The summed E-state index contributed by atoms with van der Waals surface area (Å²) in [6, 6.07) is 1.54. The van der Waals surface area contributed by atoms with Crippen molar-refractivity contribution in [3.05, 3.63) is 12.3 Å². The highest BCUT2D eigenvalue weighted by Crippen LogP contribution is 2.29. The first-order chi connectivity index (χ1) is 8.34. The van der Waals surface area contributed by atoms with E-state index in [2.05, 4.69) is 29.0 Å². The van der Waals surface area contributed by atoms with Gasteiger partial charge in [0.1, 0.15) is 0 Å². The molecule has 2 heteroatoms. The summed E-state index contributed by atoms with van der Waals surface area (Å²) >= 11 is 0. The normalized spacial score (nSPS) is 41.0. The molecule has 0 radical (unpaired) electrons. The molecule has 0 spiro atoms. The fourth-order valence-corrected chi connectivity index (χ4v) is 3.94. The first-order valence-corrected chi connectivity index (χ1v) is 7.53. The van der Waals surface area contributed by atoms with Crippen LogP contribution in [0.3, 0.4) is 0 Å². The Kier molecular flexibility index (Phi) is 3.41. The van der Waals surface area contributed by atoms with E-state index in [1.807, 2.05) is 0 Å². The van der Waals surface area contributed by atoms with Crippen LogP contribution in [0.25, 0.3) is 0 Å².